The Morgan fingerprint density at radius 1 is 1.45 bits per heavy atom. The summed E-state index contributed by atoms with van der Waals surface area (Å²) in [5.41, 5.74) is 0.771. The third-order valence-corrected chi connectivity index (χ3v) is 3.11. The van der Waals surface area contributed by atoms with Gasteiger partial charge in [0.1, 0.15) is 6.04 Å². The fourth-order valence-corrected chi connectivity index (χ4v) is 2.10. The van der Waals surface area contributed by atoms with Gasteiger partial charge < -0.3 is 15.6 Å². The van der Waals surface area contributed by atoms with E-state index in [1.165, 1.54) is 19.4 Å². The van der Waals surface area contributed by atoms with E-state index >= 15 is 0 Å². The maximum atomic E-state index is 12.2. The Morgan fingerprint density at radius 2 is 2.27 bits per heavy atom. The summed E-state index contributed by atoms with van der Waals surface area (Å²) in [6, 6.07) is -0.654. The smallest absolute Gasteiger partial charge is 0.243 e. The maximum Gasteiger partial charge on any atom is 0.243 e. The van der Waals surface area contributed by atoms with Crippen LogP contribution in [-0.4, -0.2) is 44.1 Å². The lowest BCUT2D eigenvalue weighted by atomic mass is 10.1. The number of hydrogen-bond donors (Lipinski definition) is 3. The van der Waals surface area contributed by atoms with Crippen molar-refractivity contribution in [3.8, 4) is 0 Å². The summed E-state index contributed by atoms with van der Waals surface area (Å²) in [4.78, 5) is 30.2. The molecule has 22 heavy (non-hydrogen) atoms. The van der Waals surface area contributed by atoms with E-state index < -0.39 is 6.04 Å². The van der Waals surface area contributed by atoms with E-state index in [2.05, 4.69) is 25.7 Å². The summed E-state index contributed by atoms with van der Waals surface area (Å²) in [5, 5.41) is 9.96. The molecule has 2 amide bonds. The number of H-pyrrole nitrogens is 1. The van der Waals surface area contributed by atoms with E-state index in [1.807, 2.05) is 0 Å². The van der Waals surface area contributed by atoms with E-state index in [-0.39, 0.29) is 11.8 Å². The number of nitrogens with zero attached hydrogens (tertiary/aromatic N) is 3. The number of carbonyl (C=O) groups excluding carboxylic acids is 2. The molecule has 2 heterocycles. The number of amides is 2. The summed E-state index contributed by atoms with van der Waals surface area (Å²) in [7, 11) is 0. The van der Waals surface area contributed by atoms with Gasteiger partial charge in [0.05, 0.1) is 24.1 Å². The molecule has 118 valence electrons. The molecular weight excluding hydrogens is 308 g/mol. The van der Waals surface area contributed by atoms with Crippen molar-refractivity contribution in [1.29, 1.82) is 0 Å². The minimum atomic E-state index is -0.654. The van der Waals surface area contributed by atoms with Gasteiger partial charge in [0, 0.05) is 38.0 Å². The lowest BCUT2D eigenvalue weighted by molar-refractivity contribution is -0.128. The Balaban J connectivity index is 1.86. The standard InChI is InChI=1S/C13H17ClN6O2/c1-9(21)19-12(4-11-6-15-8-17-11)13(22)16-2-3-20-7-10(14)5-18-20/h5-8,12H,2-4H2,1H3,(H,15,17)(H,16,22)(H,19,21). The Bertz CT molecular complexity index is 624. The molecule has 2 rings (SSSR count). The molecule has 2 aromatic rings. The van der Waals surface area contributed by atoms with Gasteiger partial charge in [-0.05, 0) is 0 Å². The van der Waals surface area contributed by atoms with Crippen molar-refractivity contribution in [2.24, 2.45) is 0 Å². The lowest BCUT2D eigenvalue weighted by Crippen LogP contribution is -2.48. The Hall–Kier alpha value is -2.35. The quantitative estimate of drug-likeness (QED) is 0.673. The highest BCUT2D eigenvalue weighted by molar-refractivity contribution is 6.30. The summed E-state index contributed by atoms with van der Waals surface area (Å²) in [6.07, 6.45) is 6.69. The highest BCUT2D eigenvalue weighted by Gasteiger charge is 2.20. The normalized spacial score (nSPS) is 11.9. The van der Waals surface area contributed by atoms with E-state index in [0.29, 0.717) is 24.5 Å². The maximum absolute atomic E-state index is 12.2. The second-order valence-corrected chi connectivity index (χ2v) is 5.18. The number of rotatable bonds is 7. The summed E-state index contributed by atoms with van der Waals surface area (Å²) >= 11 is 5.76. The summed E-state index contributed by atoms with van der Waals surface area (Å²) in [5.74, 6) is -0.526. The molecule has 1 unspecified atom stereocenters. The second kappa shape index (κ2) is 7.60. The van der Waals surface area contributed by atoms with Gasteiger partial charge in [-0.15, -0.1) is 0 Å². The molecule has 9 heteroatoms. The zero-order chi connectivity index (χ0) is 15.9. The van der Waals surface area contributed by atoms with Crippen LogP contribution in [0.15, 0.2) is 24.9 Å². The lowest BCUT2D eigenvalue weighted by Gasteiger charge is -2.17. The predicted octanol–water partition coefficient (Wildman–Crippen LogP) is 0.123. The van der Waals surface area contributed by atoms with Crippen molar-refractivity contribution in [2.45, 2.75) is 25.9 Å². The van der Waals surface area contributed by atoms with Gasteiger partial charge in [-0.25, -0.2) is 4.98 Å². The fourth-order valence-electron chi connectivity index (χ4n) is 1.95. The predicted molar refractivity (Wildman–Crippen MR) is 80.1 cm³/mol. The van der Waals surface area contributed by atoms with Crippen LogP contribution in [0.1, 0.15) is 12.6 Å². The van der Waals surface area contributed by atoms with E-state index in [1.54, 1.807) is 17.1 Å². The van der Waals surface area contributed by atoms with Gasteiger partial charge in [-0.1, -0.05) is 11.6 Å². The number of halogens is 1. The van der Waals surface area contributed by atoms with Crippen molar-refractivity contribution in [3.05, 3.63) is 35.6 Å². The zero-order valence-electron chi connectivity index (χ0n) is 12.0. The molecular formula is C13H17ClN6O2. The summed E-state index contributed by atoms with van der Waals surface area (Å²) in [6.45, 7) is 2.25. The number of imidazole rings is 1. The highest BCUT2D eigenvalue weighted by atomic mass is 35.5. The SMILES string of the molecule is CC(=O)NC(Cc1cnc[nH]1)C(=O)NCCn1cc(Cl)cn1. The largest absolute Gasteiger partial charge is 0.352 e. The fraction of sp³-hybridized carbons (Fsp3) is 0.385. The molecule has 0 aromatic carbocycles. The van der Waals surface area contributed by atoms with E-state index in [0.717, 1.165) is 5.69 Å². The second-order valence-electron chi connectivity index (χ2n) is 4.75. The third-order valence-electron chi connectivity index (χ3n) is 2.91. The number of aromatic amines is 1. The minimum Gasteiger partial charge on any atom is -0.352 e. The third kappa shape index (κ3) is 4.88. The Labute approximate surface area is 132 Å². The first-order valence-electron chi connectivity index (χ1n) is 6.74. The number of aromatic nitrogens is 4. The van der Waals surface area contributed by atoms with Crippen LogP contribution in [0.2, 0.25) is 5.02 Å². The first-order valence-corrected chi connectivity index (χ1v) is 7.12. The van der Waals surface area contributed by atoms with Crippen molar-refractivity contribution in [3.63, 3.8) is 0 Å². The zero-order valence-corrected chi connectivity index (χ0v) is 12.8. The molecule has 0 spiro atoms. The van der Waals surface area contributed by atoms with Gasteiger partial charge in [0.15, 0.2) is 0 Å². The molecule has 2 aromatic heterocycles. The van der Waals surface area contributed by atoms with Gasteiger partial charge in [0.2, 0.25) is 11.8 Å². The minimum absolute atomic E-state index is 0.261. The first kappa shape index (κ1) is 16.0. The molecule has 3 N–H and O–H groups in total. The average molecular weight is 325 g/mol. The molecule has 0 aliphatic carbocycles. The van der Waals surface area contributed by atoms with Crippen LogP contribution in [-0.2, 0) is 22.6 Å². The van der Waals surface area contributed by atoms with Crippen LogP contribution in [0.3, 0.4) is 0 Å². The van der Waals surface area contributed by atoms with Crippen LogP contribution in [0, 0.1) is 0 Å². The summed E-state index contributed by atoms with van der Waals surface area (Å²) < 4.78 is 1.63. The van der Waals surface area contributed by atoms with Crippen molar-refractivity contribution in [1.82, 2.24) is 30.4 Å². The van der Waals surface area contributed by atoms with E-state index in [9.17, 15) is 9.59 Å². The van der Waals surface area contributed by atoms with E-state index in [4.69, 9.17) is 11.6 Å². The van der Waals surface area contributed by atoms with Crippen molar-refractivity contribution < 1.29 is 9.59 Å². The molecule has 0 aliphatic rings. The van der Waals surface area contributed by atoms with Crippen LogP contribution in [0.5, 0.6) is 0 Å². The molecule has 0 fully saturated rings. The van der Waals surface area contributed by atoms with Crippen LogP contribution >= 0.6 is 11.6 Å². The molecule has 0 aliphatic heterocycles. The number of carbonyl (C=O) groups is 2. The van der Waals surface area contributed by atoms with Crippen LogP contribution in [0.25, 0.3) is 0 Å². The van der Waals surface area contributed by atoms with Gasteiger partial charge in [-0.3, -0.25) is 14.3 Å². The van der Waals surface area contributed by atoms with Gasteiger partial charge >= 0.3 is 0 Å². The molecule has 0 saturated heterocycles. The average Bonchev–Trinajstić information content (AvgIpc) is 3.09. The first-order chi connectivity index (χ1) is 10.5. The Kier molecular flexibility index (Phi) is 5.54. The van der Waals surface area contributed by atoms with Crippen LogP contribution < -0.4 is 10.6 Å². The highest BCUT2D eigenvalue weighted by Crippen LogP contribution is 2.04. The topological polar surface area (TPSA) is 105 Å². The molecule has 0 saturated carbocycles. The number of nitrogens with one attached hydrogen (secondary N) is 3. The molecule has 0 radical (unpaired) electrons. The molecule has 8 nitrogen and oxygen atoms in total. The molecule has 0 bridgehead atoms. The molecule has 1 atom stereocenters. The number of hydrogen-bond acceptors (Lipinski definition) is 4. The van der Waals surface area contributed by atoms with Gasteiger partial charge in [-0.2, -0.15) is 5.10 Å². The van der Waals surface area contributed by atoms with Gasteiger partial charge in [0.25, 0.3) is 0 Å². The monoisotopic (exact) mass is 324 g/mol. The van der Waals surface area contributed by atoms with Crippen molar-refractivity contribution >= 4 is 23.4 Å². The Morgan fingerprint density at radius 3 is 2.86 bits per heavy atom. The van der Waals surface area contributed by atoms with Crippen LogP contribution in [0.4, 0.5) is 0 Å². The van der Waals surface area contributed by atoms with Crippen molar-refractivity contribution in [2.75, 3.05) is 6.54 Å².